The Bertz CT molecular complexity index is 2180. The normalized spacial score (nSPS) is 17.1. The fourth-order valence-corrected chi connectivity index (χ4v) is 9.39. The van der Waals surface area contributed by atoms with Gasteiger partial charge in [0.1, 0.15) is 11.5 Å². The quantitative estimate of drug-likeness (QED) is 0.135. The topological polar surface area (TPSA) is 110 Å². The van der Waals surface area contributed by atoms with Crippen LogP contribution in [0.25, 0.3) is 5.57 Å². The van der Waals surface area contributed by atoms with Crippen LogP contribution in [0.5, 0.6) is 5.75 Å². The molecule has 0 saturated carbocycles. The highest BCUT2D eigenvalue weighted by molar-refractivity contribution is 7.89. The number of benzene rings is 4. The number of sulfonamides is 1. The molecule has 55 heavy (non-hydrogen) atoms. The average Bonchev–Trinajstić information content (AvgIpc) is 3.23. The monoisotopic (exact) mass is 758 g/mol. The zero-order valence-electron chi connectivity index (χ0n) is 31.9. The molecule has 2 aliphatic heterocycles. The largest absolute Gasteiger partial charge is 0.456 e. The molecule has 7 rings (SSSR count). The number of rotatable bonds is 14. The number of unbranched alkanes of at least 4 members (excludes halogenated alkanes) is 3. The number of nitrogens with one attached hydrogen (secondary N) is 1. The van der Waals surface area contributed by atoms with E-state index in [1.54, 1.807) is 16.4 Å². The van der Waals surface area contributed by atoms with Crippen LogP contribution in [-0.2, 0) is 14.8 Å². The molecule has 286 valence electrons. The van der Waals surface area contributed by atoms with Gasteiger partial charge in [0.15, 0.2) is 0 Å². The van der Waals surface area contributed by atoms with Gasteiger partial charge >= 0.3 is 0 Å². The first-order valence-corrected chi connectivity index (χ1v) is 20.9. The van der Waals surface area contributed by atoms with Crippen molar-refractivity contribution in [3.05, 3.63) is 144 Å². The maximum absolute atomic E-state index is 14.6. The van der Waals surface area contributed by atoms with Crippen LogP contribution in [0, 0.1) is 5.92 Å². The predicted octanol–water partition coefficient (Wildman–Crippen LogP) is 6.93. The Morgan fingerprint density at radius 2 is 1.49 bits per heavy atom. The smallest absolute Gasteiger partial charge is 0.243 e. The molecular weight excluding hydrogens is 707 g/mol. The van der Waals surface area contributed by atoms with Crippen molar-refractivity contribution in [3.8, 4) is 5.75 Å². The van der Waals surface area contributed by atoms with Crippen molar-refractivity contribution >= 4 is 38.6 Å². The molecule has 1 aliphatic carbocycles. The minimum atomic E-state index is -3.92. The number of nitrogens with zero attached hydrogens (tertiary/aromatic N) is 3. The molecule has 3 aliphatic rings. The molecule has 1 fully saturated rings. The van der Waals surface area contributed by atoms with Crippen LogP contribution in [0.1, 0.15) is 49.7 Å². The maximum Gasteiger partial charge on any atom is 0.243 e. The molecule has 2 heterocycles. The zero-order valence-corrected chi connectivity index (χ0v) is 32.7. The van der Waals surface area contributed by atoms with Crippen LogP contribution in [0.2, 0.25) is 0 Å². The van der Waals surface area contributed by atoms with Gasteiger partial charge in [0.05, 0.1) is 17.5 Å². The molecule has 10 heteroatoms. The van der Waals surface area contributed by atoms with Gasteiger partial charge < -0.3 is 25.6 Å². The number of para-hydroxylation sites is 2. The molecule has 1 saturated heterocycles. The summed E-state index contributed by atoms with van der Waals surface area (Å²) in [5, 5.41) is 3.08. The number of carbonyl (C=O) groups excluding carboxylic acids is 1. The Morgan fingerprint density at radius 1 is 0.818 bits per heavy atom. The standard InChI is InChI=1S/C45H51N5O4S/c1-48(34-15-7-5-8-16-34)36-21-23-38-41(31-36)54-42-32-37(49(2)35-17-9-6-10-18-35)22-24-39(42)44(38)40-19-11-12-20-43(40)55(52,53)50-29-25-33(26-30-50)45(51)47-28-14-4-3-13-27-46/h5-12,15-24,31-33,36H,3-4,13-14,25-30,46H2,1-2H3,(H,47,51)/p+1. The number of anilines is 3. The first kappa shape index (κ1) is 38.1. The third-order valence-electron chi connectivity index (χ3n) is 11.0. The number of ether oxygens (including phenoxy) is 1. The van der Waals surface area contributed by atoms with Gasteiger partial charge in [0.25, 0.3) is 0 Å². The van der Waals surface area contributed by atoms with E-state index in [4.69, 9.17) is 4.74 Å². The number of carbonyl (C=O) groups is 1. The van der Waals surface area contributed by atoms with E-state index >= 15 is 0 Å². The number of amides is 1. The minimum absolute atomic E-state index is 0.0252. The second-order valence-corrected chi connectivity index (χ2v) is 16.4. The molecule has 1 amide bonds. The third kappa shape index (κ3) is 8.27. The van der Waals surface area contributed by atoms with E-state index in [0.717, 1.165) is 66.0 Å². The van der Waals surface area contributed by atoms with Crippen LogP contribution in [-0.4, -0.2) is 64.9 Å². The summed E-state index contributed by atoms with van der Waals surface area (Å²) in [5.41, 5.74) is 10.0. The lowest BCUT2D eigenvalue weighted by Gasteiger charge is -2.34. The Hall–Kier alpha value is -5.16. The molecule has 0 bridgehead atoms. The van der Waals surface area contributed by atoms with E-state index in [1.165, 1.54) is 0 Å². The molecule has 0 radical (unpaired) electrons. The van der Waals surface area contributed by atoms with Crippen LogP contribution in [0.15, 0.2) is 138 Å². The fraction of sp³-hybridized carbons (Fsp3) is 0.311. The number of likely N-dealkylation sites (N-methyl/N-ethyl adjacent to an activating group) is 1. The van der Waals surface area contributed by atoms with Gasteiger partial charge in [-0.3, -0.25) is 4.79 Å². The SMILES string of the molecule is CN(c1ccccc1)c1ccc2c(c1)OC1=CC(N(C)c3ccccc3)C=CC1=C2c1ccccc1S(=O)(=O)N1CCC(C(=O)NCCCCCC[NH3+])CC1. The minimum Gasteiger partial charge on any atom is -0.456 e. The van der Waals surface area contributed by atoms with Crippen LogP contribution in [0.4, 0.5) is 17.1 Å². The van der Waals surface area contributed by atoms with Crippen molar-refractivity contribution in [2.24, 2.45) is 5.92 Å². The van der Waals surface area contributed by atoms with Crippen LogP contribution < -0.4 is 25.6 Å². The van der Waals surface area contributed by atoms with E-state index in [0.29, 0.717) is 36.5 Å². The summed E-state index contributed by atoms with van der Waals surface area (Å²) in [4.78, 5) is 17.5. The average molecular weight is 759 g/mol. The van der Waals surface area contributed by atoms with E-state index in [9.17, 15) is 13.2 Å². The lowest BCUT2D eigenvalue weighted by molar-refractivity contribution is -0.368. The molecule has 4 aromatic rings. The number of hydrogen-bond acceptors (Lipinski definition) is 6. The van der Waals surface area contributed by atoms with Crippen LogP contribution in [0.3, 0.4) is 0 Å². The fourth-order valence-electron chi connectivity index (χ4n) is 7.72. The Labute approximate surface area is 325 Å². The lowest BCUT2D eigenvalue weighted by atomic mass is 9.86. The second-order valence-electron chi connectivity index (χ2n) is 14.5. The van der Waals surface area contributed by atoms with Gasteiger partial charge in [-0.1, -0.05) is 73.2 Å². The first-order chi connectivity index (χ1) is 26.8. The van der Waals surface area contributed by atoms with Gasteiger partial charge in [-0.2, -0.15) is 4.31 Å². The van der Waals surface area contributed by atoms with Gasteiger partial charge in [-0.25, -0.2) is 8.42 Å². The molecule has 1 unspecified atom stereocenters. The highest BCUT2D eigenvalue weighted by Crippen LogP contribution is 2.47. The molecule has 0 spiro atoms. The van der Waals surface area contributed by atoms with E-state index in [-0.39, 0.29) is 35.9 Å². The second kappa shape index (κ2) is 17.1. The van der Waals surface area contributed by atoms with Crippen LogP contribution >= 0.6 is 0 Å². The number of hydrogen-bond donors (Lipinski definition) is 2. The predicted molar refractivity (Wildman–Crippen MR) is 221 cm³/mol. The molecule has 1 atom stereocenters. The third-order valence-corrected chi connectivity index (χ3v) is 12.9. The van der Waals surface area contributed by atoms with Crippen molar-refractivity contribution < 1.29 is 23.7 Å². The Morgan fingerprint density at radius 3 is 2.22 bits per heavy atom. The summed E-state index contributed by atoms with van der Waals surface area (Å²) in [6.45, 7) is 2.17. The molecule has 4 N–H and O–H groups in total. The van der Waals surface area contributed by atoms with E-state index in [2.05, 4.69) is 76.5 Å². The van der Waals surface area contributed by atoms with Crippen molar-refractivity contribution in [1.82, 2.24) is 9.62 Å². The number of fused-ring (bicyclic) bond motifs is 2. The van der Waals surface area contributed by atoms with Gasteiger partial charge in [-0.05, 0) is 80.6 Å². The highest BCUT2D eigenvalue weighted by atomic mass is 32.2. The summed E-state index contributed by atoms with van der Waals surface area (Å²) in [5.74, 6) is 1.16. The molecule has 9 nitrogen and oxygen atoms in total. The summed E-state index contributed by atoms with van der Waals surface area (Å²) < 4.78 is 37.5. The molecule has 4 aromatic carbocycles. The summed E-state index contributed by atoms with van der Waals surface area (Å²) >= 11 is 0. The Balaban J connectivity index is 1.20. The van der Waals surface area contributed by atoms with E-state index in [1.807, 2.05) is 67.7 Å². The summed E-state index contributed by atoms with van der Waals surface area (Å²) in [6, 6.07) is 33.7. The Kier molecular flexibility index (Phi) is 11.9. The first-order valence-electron chi connectivity index (χ1n) is 19.5. The van der Waals surface area contributed by atoms with Crippen molar-refractivity contribution in [3.63, 3.8) is 0 Å². The van der Waals surface area contributed by atoms with Gasteiger partial charge in [-0.15, -0.1) is 0 Å². The van der Waals surface area contributed by atoms with Crippen molar-refractivity contribution in [2.45, 2.75) is 49.5 Å². The summed E-state index contributed by atoms with van der Waals surface area (Å²) in [7, 11) is 0.165. The van der Waals surface area contributed by atoms with Gasteiger partial charge in [0, 0.05) is 85.0 Å². The van der Waals surface area contributed by atoms with Crippen molar-refractivity contribution in [1.29, 1.82) is 0 Å². The zero-order chi connectivity index (χ0) is 38.4. The molecular formula is C45H52N5O4S+. The highest BCUT2D eigenvalue weighted by Gasteiger charge is 2.36. The lowest BCUT2D eigenvalue weighted by Crippen LogP contribution is -2.50. The van der Waals surface area contributed by atoms with E-state index < -0.39 is 10.0 Å². The molecule has 0 aromatic heterocycles. The maximum atomic E-state index is 14.6. The number of quaternary nitrogens is 1. The number of allylic oxidation sites excluding steroid dienone is 1. The number of piperidine rings is 1. The van der Waals surface area contributed by atoms with Gasteiger partial charge in [0.2, 0.25) is 15.9 Å². The summed E-state index contributed by atoms with van der Waals surface area (Å²) in [6.07, 6.45) is 11.5. The van der Waals surface area contributed by atoms with Crippen molar-refractivity contribution in [2.75, 3.05) is 50.1 Å².